The molecular formula is C22H25F3N6O3S. The van der Waals surface area contributed by atoms with Crippen molar-refractivity contribution in [1.29, 1.82) is 0 Å². The van der Waals surface area contributed by atoms with E-state index in [-0.39, 0.29) is 36.7 Å². The molecule has 1 saturated carbocycles. The predicted octanol–water partition coefficient (Wildman–Crippen LogP) is 3.74. The third-order valence-electron chi connectivity index (χ3n) is 6.08. The Labute approximate surface area is 203 Å². The van der Waals surface area contributed by atoms with Crippen LogP contribution in [0.15, 0.2) is 18.5 Å². The predicted molar refractivity (Wildman–Crippen MR) is 124 cm³/mol. The second-order valence-electron chi connectivity index (χ2n) is 9.18. The molecule has 0 unspecified atom stereocenters. The molecule has 3 aromatic rings. The number of anilines is 2. The van der Waals surface area contributed by atoms with Crippen LogP contribution in [0.25, 0.3) is 20.8 Å². The highest BCUT2D eigenvalue weighted by Crippen LogP contribution is 2.44. The first-order chi connectivity index (χ1) is 16.5. The molecule has 4 heterocycles. The molecule has 2 aliphatic rings. The minimum absolute atomic E-state index is 0.0717. The average Bonchev–Trinajstić information content (AvgIpc) is 3.42. The van der Waals surface area contributed by atoms with E-state index in [1.54, 1.807) is 19.3 Å². The Morgan fingerprint density at radius 3 is 2.69 bits per heavy atom. The molecule has 3 N–H and O–H groups in total. The molecule has 0 amide bonds. The average molecular weight is 511 g/mol. The molecule has 9 nitrogen and oxygen atoms in total. The zero-order valence-electron chi connectivity index (χ0n) is 19.3. The molecule has 188 valence electrons. The van der Waals surface area contributed by atoms with Gasteiger partial charge in [0.2, 0.25) is 5.95 Å². The number of nitrogens with one attached hydrogen (secondary N) is 2. The number of aryl methyl sites for hydroxylation is 1. The Morgan fingerprint density at radius 2 is 1.97 bits per heavy atom. The lowest BCUT2D eigenvalue weighted by Crippen LogP contribution is -2.35. The standard InChI is InChI=1S/C22H25F3N6O3S/c1-10-15(19-30-13-7-26-5-4-14(13)35-19)18(31-20(28-10)27-9-22(23,24)25)29-12-6-11(8-32)16-17(12)34-21(2,3)33-16/h4-5,7,11-12,16-17,32H,6,8-9H2,1-3H3,(H2,27,28,29,31)/t11-,12-,16-,17+/m1/s1. The largest absolute Gasteiger partial charge is 0.405 e. The third-order valence-corrected chi connectivity index (χ3v) is 7.13. The van der Waals surface area contributed by atoms with Crippen molar-refractivity contribution >= 4 is 33.3 Å². The SMILES string of the molecule is Cc1nc(NCC(F)(F)F)nc(N[C@@H]2C[C@H](CO)[C@H]3OC(C)(C)O[C@H]32)c1-c1nc2cnccc2s1. The highest BCUT2D eigenvalue weighted by atomic mass is 32.1. The van der Waals surface area contributed by atoms with Crippen LogP contribution in [0.2, 0.25) is 0 Å². The van der Waals surface area contributed by atoms with Crippen LogP contribution in [-0.4, -0.2) is 68.4 Å². The fraction of sp³-hybridized carbons (Fsp3) is 0.545. The molecule has 1 aliphatic carbocycles. The first-order valence-electron chi connectivity index (χ1n) is 11.2. The molecule has 5 rings (SSSR count). The molecule has 0 aromatic carbocycles. The van der Waals surface area contributed by atoms with Crippen LogP contribution in [-0.2, 0) is 9.47 Å². The number of aliphatic hydroxyl groups is 1. The number of fused-ring (bicyclic) bond motifs is 2. The highest BCUT2D eigenvalue weighted by Gasteiger charge is 2.54. The van der Waals surface area contributed by atoms with Gasteiger partial charge in [-0.3, -0.25) is 4.98 Å². The second-order valence-corrected chi connectivity index (χ2v) is 10.2. The summed E-state index contributed by atoms with van der Waals surface area (Å²) in [5.41, 5.74) is 1.76. The number of rotatable bonds is 6. The number of alkyl halides is 3. The quantitative estimate of drug-likeness (QED) is 0.456. The number of ether oxygens (including phenoxy) is 2. The van der Waals surface area contributed by atoms with Crippen molar-refractivity contribution in [2.45, 2.75) is 57.4 Å². The molecule has 13 heteroatoms. The minimum atomic E-state index is -4.42. The van der Waals surface area contributed by atoms with Gasteiger partial charge in [0, 0.05) is 18.7 Å². The van der Waals surface area contributed by atoms with E-state index in [1.807, 2.05) is 19.9 Å². The molecule has 4 atom stereocenters. The maximum Gasteiger partial charge on any atom is 0.405 e. The van der Waals surface area contributed by atoms with Gasteiger partial charge in [-0.1, -0.05) is 0 Å². The van der Waals surface area contributed by atoms with Crippen LogP contribution >= 0.6 is 11.3 Å². The van der Waals surface area contributed by atoms with Crippen molar-refractivity contribution < 1.29 is 27.8 Å². The molecule has 0 spiro atoms. The van der Waals surface area contributed by atoms with E-state index in [0.29, 0.717) is 34.0 Å². The summed E-state index contributed by atoms with van der Waals surface area (Å²) < 4.78 is 51.5. The number of halogens is 3. The summed E-state index contributed by atoms with van der Waals surface area (Å²) >= 11 is 1.42. The van der Waals surface area contributed by atoms with Crippen LogP contribution in [0, 0.1) is 12.8 Å². The molecule has 1 saturated heterocycles. The second kappa shape index (κ2) is 8.80. The molecule has 2 fully saturated rings. The number of aromatic nitrogens is 4. The van der Waals surface area contributed by atoms with Crippen molar-refractivity contribution in [2.75, 3.05) is 23.8 Å². The lowest BCUT2D eigenvalue weighted by molar-refractivity contribution is -0.158. The van der Waals surface area contributed by atoms with Gasteiger partial charge >= 0.3 is 6.18 Å². The summed E-state index contributed by atoms with van der Waals surface area (Å²) in [5.74, 6) is -0.773. The van der Waals surface area contributed by atoms with E-state index in [2.05, 4.69) is 30.6 Å². The zero-order chi connectivity index (χ0) is 25.0. The fourth-order valence-electron chi connectivity index (χ4n) is 4.66. The maximum absolute atomic E-state index is 12.8. The van der Waals surface area contributed by atoms with Gasteiger partial charge in [0.25, 0.3) is 0 Å². The zero-order valence-corrected chi connectivity index (χ0v) is 20.1. The van der Waals surface area contributed by atoms with Gasteiger partial charge < -0.3 is 25.2 Å². The Hall–Kier alpha value is -2.61. The molecule has 0 bridgehead atoms. The van der Waals surface area contributed by atoms with Gasteiger partial charge in [0.15, 0.2) is 5.79 Å². The van der Waals surface area contributed by atoms with Crippen LogP contribution in [0.5, 0.6) is 0 Å². The molecule has 35 heavy (non-hydrogen) atoms. The van der Waals surface area contributed by atoms with Gasteiger partial charge in [-0.15, -0.1) is 11.3 Å². The van der Waals surface area contributed by atoms with Gasteiger partial charge in [-0.2, -0.15) is 18.2 Å². The molecular weight excluding hydrogens is 485 g/mol. The van der Waals surface area contributed by atoms with Crippen LogP contribution in [0.4, 0.5) is 24.9 Å². The topological polar surface area (TPSA) is 114 Å². The number of nitrogens with zero attached hydrogens (tertiary/aromatic N) is 4. The van der Waals surface area contributed by atoms with E-state index >= 15 is 0 Å². The number of pyridine rings is 1. The van der Waals surface area contributed by atoms with E-state index in [4.69, 9.17) is 9.47 Å². The van der Waals surface area contributed by atoms with E-state index in [9.17, 15) is 18.3 Å². The van der Waals surface area contributed by atoms with E-state index in [1.165, 1.54) is 11.3 Å². The summed E-state index contributed by atoms with van der Waals surface area (Å²) in [5, 5.41) is 16.1. The number of hydrogen-bond donors (Lipinski definition) is 3. The molecule has 1 aliphatic heterocycles. The van der Waals surface area contributed by atoms with Crippen molar-refractivity contribution in [3.63, 3.8) is 0 Å². The summed E-state index contributed by atoms with van der Waals surface area (Å²) in [4.78, 5) is 17.4. The van der Waals surface area contributed by atoms with Gasteiger partial charge in [0.05, 0.1) is 34.3 Å². The Kier molecular flexibility index (Phi) is 6.06. The summed E-state index contributed by atoms with van der Waals surface area (Å²) in [6.07, 6.45) is -1.23. The summed E-state index contributed by atoms with van der Waals surface area (Å²) in [6, 6.07) is 1.55. The van der Waals surface area contributed by atoms with E-state index < -0.39 is 18.5 Å². The highest BCUT2D eigenvalue weighted by molar-refractivity contribution is 7.21. The van der Waals surface area contributed by atoms with Gasteiger partial charge in [0.1, 0.15) is 29.0 Å². The van der Waals surface area contributed by atoms with Crippen LogP contribution < -0.4 is 10.6 Å². The van der Waals surface area contributed by atoms with Gasteiger partial charge in [-0.25, -0.2) is 9.97 Å². The number of thiazole rings is 1. The Bertz CT molecular complexity index is 1200. The van der Waals surface area contributed by atoms with Gasteiger partial charge in [-0.05, 0) is 33.3 Å². The number of aliphatic hydroxyl groups excluding tert-OH is 1. The van der Waals surface area contributed by atoms with Crippen LogP contribution in [0.1, 0.15) is 26.0 Å². The first-order valence-corrected chi connectivity index (χ1v) is 12.0. The Morgan fingerprint density at radius 1 is 1.20 bits per heavy atom. The lowest BCUT2D eigenvalue weighted by atomic mass is 10.1. The fourth-order valence-corrected chi connectivity index (χ4v) is 5.69. The Balaban J connectivity index is 1.53. The summed E-state index contributed by atoms with van der Waals surface area (Å²) in [6.45, 7) is 4.00. The van der Waals surface area contributed by atoms with Crippen molar-refractivity contribution in [1.82, 2.24) is 19.9 Å². The van der Waals surface area contributed by atoms with E-state index in [0.717, 1.165) is 4.70 Å². The first kappa shape index (κ1) is 24.1. The lowest BCUT2D eigenvalue weighted by Gasteiger charge is -2.25. The normalized spacial score (nSPS) is 25.7. The monoisotopic (exact) mass is 510 g/mol. The van der Waals surface area contributed by atoms with Crippen LogP contribution in [0.3, 0.4) is 0 Å². The summed E-state index contributed by atoms with van der Waals surface area (Å²) in [7, 11) is 0. The number of hydrogen-bond acceptors (Lipinski definition) is 10. The molecule has 3 aromatic heterocycles. The van der Waals surface area contributed by atoms with Crippen molar-refractivity contribution in [3.05, 3.63) is 24.2 Å². The minimum Gasteiger partial charge on any atom is -0.396 e. The molecule has 0 radical (unpaired) electrons. The van der Waals surface area contributed by atoms with Crippen molar-refractivity contribution in [3.8, 4) is 10.6 Å². The third kappa shape index (κ3) is 4.90. The van der Waals surface area contributed by atoms with Crippen molar-refractivity contribution in [2.24, 2.45) is 5.92 Å². The maximum atomic E-state index is 12.8. The smallest absolute Gasteiger partial charge is 0.396 e.